The maximum Gasteiger partial charge on any atom is 0.0579 e. The van der Waals surface area contributed by atoms with Gasteiger partial charge in [0.05, 0.1) is 13.2 Å². The molecule has 0 amide bonds. The fourth-order valence-electron chi connectivity index (χ4n) is 1.70. The van der Waals surface area contributed by atoms with E-state index >= 15 is 0 Å². The van der Waals surface area contributed by atoms with E-state index in [4.69, 9.17) is 4.74 Å². The van der Waals surface area contributed by atoms with Crippen molar-refractivity contribution in [2.24, 2.45) is 5.41 Å². The summed E-state index contributed by atoms with van der Waals surface area (Å²) < 4.78 is 5.23. The molecular weight excluding hydrogens is 136 g/mol. The summed E-state index contributed by atoms with van der Waals surface area (Å²) in [5.74, 6) is 0. The van der Waals surface area contributed by atoms with Crippen molar-refractivity contribution in [3.8, 4) is 0 Å². The van der Waals surface area contributed by atoms with E-state index < -0.39 is 0 Å². The van der Waals surface area contributed by atoms with Gasteiger partial charge in [0.15, 0.2) is 0 Å². The molecule has 1 nitrogen and oxygen atoms in total. The number of hydrogen-bond donors (Lipinski definition) is 0. The van der Waals surface area contributed by atoms with Crippen molar-refractivity contribution in [3.63, 3.8) is 0 Å². The van der Waals surface area contributed by atoms with Gasteiger partial charge in [-0.15, -0.1) is 0 Å². The Labute approximate surface area is 67.7 Å². The molecule has 1 heteroatoms. The summed E-state index contributed by atoms with van der Waals surface area (Å²) in [5.41, 5.74) is 1.95. The van der Waals surface area contributed by atoms with Gasteiger partial charge >= 0.3 is 0 Å². The topological polar surface area (TPSA) is 9.23 Å². The molecule has 1 aliphatic carbocycles. The van der Waals surface area contributed by atoms with E-state index in [1.54, 1.807) is 5.57 Å². The Balaban J connectivity index is 2.13. The minimum atomic E-state index is 0.380. The quantitative estimate of drug-likeness (QED) is 0.557. The lowest BCUT2D eigenvalue weighted by Crippen LogP contribution is -2.41. The van der Waals surface area contributed by atoms with Crippen LogP contribution in [0.25, 0.3) is 0 Å². The van der Waals surface area contributed by atoms with E-state index in [0.29, 0.717) is 5.41 Å². The standard InChI is InChI=1S/C10H14O/c1-10(7-11-8-10)9-5-3-2-4-6-9/h2-3,5H,4,6-8H2,1H3. The van der Waals surface area contributed by atoms with Crippen LogP contribution < -0.4 is 0 Å². The van der Waals surface area contributed by atoms with Gasteiger partial charge in [-0.2, -0.15) is 0 Å². The van der Waals surface area contributed by atoms with Crippen LogP contribution in [0.1, 0.15) is 19.8 Å². The lowest BCUT2D eigenvalue weighted by Gasteiger charge is -2.40. The Morgan fingerprint density at radius 1 is 1.45 bits per heavy atom. The van der Waals surface area contributed by atoms with Crippen molar-refractivity contribution in [1.29, 1.82) is 0 Å². The zero-order chi connectivity index (χ0) is 7.73. The molecule has 0 aromatic rings. The Kier molecular flexibility index (Phi) is 1.61. The summed E-state index contributed by atoms with van der Waals surface area (Å²) in [4.78, 5) is 0. The zero-order valence-electron chi connectivity index (χ0n) is 6.97. The van der Waals surface area contributed by atoms with E-state index in [0.717, 1.165) is 13.2 Å². The van der Waals surface area contributed by atoms with Crippen molar-refractivity contribution >= 4 is 0 Å². The molecule has 1 saturated heterocycles. The molecule has 1 aliphatic heterocycles. The predicted octanol–water partition coefficient (Wildman–Crippen LogP) is 2.30. The first-order valence-corrected chi connectivity index (χ1v) is 4.25. The highest BCUT2D eigenvalue weighted by Crippen LogP contribution is 2.38. The lowest BCUT2D eigenvalue weighted by molar-refractivity contribution is -0.0794. The zero-order valence-corrected chi connectivity index (χ0v) is 6.97. The van der Waals surface area contributed by atoms with Crippen LogP contribution in [-0.2, 0) is 4.74 Å². The molecule has 1 fully saturated rings. The van der Waals surface area contributed by atoms with Gasteiger partial charge in [0.25, 0.3) is 0 Å². The Bertz CT molecular complexity index is 209. The summed E-state index contributed by atoms with van der Waals surface area (Å²) in [6.45, 7) is 4.14. The number of allylic oxidation sites excluding steroid dienone is 3. The number of hydrogen-bond acceptors (Lipinski definition) is 1. The van der Waals surface area contributed by atoms with Gasteiger partial charge in [-0.3, -0.25) is 0 Å². The fraction of sp³-hybridized carbons (Fsp3) is 0.600. The molecule has 2 rings (SSSR count). The molecule has 0 unspecified atom stereocenters. The van der Waals surface area contributed by atoms with Gasteiger partial charge in [0, 0.05) is 5.41 Å². The van der Waals surface area contributed by atoms with Gasteiger partial charge in [0.1, 0.15) is 0 Å². The fourth-order valence-corrected chi connectivity index (χ4v) is 1.70. The van der Waals surface area contributed by atoms with Crippen molar-refractivity contribution in [2.75, 3.05) is 13.2 Å². The molecule has 0 spiro atoms. The summed E-state index contributed by atoms with van der Waals surface area (Å²) >= 11 is 0. The molecule has 0 radical (unpaired) electrons. The maximum absolute atomic E-state index is 5.23. The Hall–Kier alpha value is -0.560. The molecule has 0 aromatic carbocycles. The van der Waals surface area contributed by atoms with E-state index in [-0.39, 0.29) is 0 Å². The average Bonchev–Trinajstić information content (AvgIpc) is 2.02. The average molecular weight is 150 g/mol. The highest BCUT2D eigenvalue weighted by Gasteiger charge is 2.36. The third-order valence-electron chi connectivity index (χ3n) is 2.63. The van der Waals surface area contributed by atoms with Gasteiger partial charge in [-0.05, 0) is 12.8 Å². The van der Waals surface area contributed by atoms with Crippen LogP contribution in [0, 0.1) is 5.41 Å². The van der Waals surface area contributed by atoms with E-state index in [9.17, 15) is 0 Å². The van der Waals surface area contributed by atoms with E-state index in [2.05, 4.69) is 25.2 Å². The van der Waals surface area contributed by atoms with Gasteiger partial charge in [0.2, 0.25) is 0 Å². The molecule has 11 heavy (non-hydrogen) atoms. The van der Waals surface area contributed by atoms with Gasteiger partial charge in [-0.1, -0.05) is 30.7 Å². The molecule has 1 heterocycles. The number of rotatable bonds is 1. The van der Waals surface area contributed by atoms with Crippen molar-refractivity contribution in [1.82, 2.24) is 0 Å². The van der Waals surface area contributed by atoms with Crippen molar-refractivity contribution in [3.05, 3.63) is 23.8 Å². The van der Waals surface area contributed by atoms with Crippen LogP contribution in [0.2, 0.25) is 0 Å². The summed E-state index contributed by atoms with van der Waals surface area (Å²) in [6.07, 6.45) is 9.10. The largest absolute Gasteiger partial charge is 0.379 e. The maximum atomic E-state index is 5.23. The van der Waals surface area contributed by atoms with Crippen LogP contribution in [-0.4, -0.2) is 13.2 Å². The van der Waals surface area contributed by atoms with Crippen LogP contribution in [0.4, 0.5) is 0 Å². The predicted molar refractivity (Wildman–Crippen MR) is 45.4 cm³/mol. The summed E-state index contributed by atoms with van der Waals surface area (Å²) in [5, 5.41) is 0. The van der Waals surface area contributed by atoms with Crippen molar-refractivity contribution in [2.45, 2.75) is 19.8 Å². The first kappa shape index (κ1) is 7.11. The lowest BCUT2D eigenvalue weighted by atomic mass is 9.77. The SMILES string of the molecule is CC1(C2=CC=CCC2)COC1. The minimum Gasteiger partial charge on any atom is -0.379 e. The highest BCUT2D eigenvalue weighted by atomic mass is 16.5. The van der Waals surface area contributed by atoms with E-state index in [1.165, 1.54) is 12.8 Å². The molecule has 0 saturated carbocycles. The van der Waals surface area contributed by atoms with Crippen LogP contribution >= 0.6 is 0 Å². The third-order valence-corrected chi connectivity index (χ3v) is 2.63. The molecule has 60 valence electrons. The first-order chi connectivity index (χ1) is 5.31. The summed E-state index contributed by atoms with van der Waals surface area (Å²) in [6, 6.07) is 0. The normalized spacial score (nSPS) is 27.5. The Morgan fingerprint density at radius 2 is 2.27 bits per heavy atom. The first-order valence-electron chi connectivity index (χ1n) is 4.25. The van der Waals surface area contributed by atoms with Crippen molar-refractivity contribution < 1.29 is 4.74 Å². The second-order valence-electron chi connectivity index (χ2n) is 3.71. The third kappa shape index (κ3) is 1.14. The van der Waals surface area contributed by atoms with Gasteiger partial charge in [-0.25, -0.2) is 0 Å². The number of ether oxygens (including phenoxy) is 1. The monoisotopic (exact) mass is 150 g/mol. The van der Waals surface area contributed by atoms with E-state index in [1.807, 2.05) is 0 Å². The van der Waals surface area contributed by atoms with Crippen LogP contribution in [0.15, 0.2) is 23.8 Å². The second-order valence-corrected chi connectivity index (χ2v) is 3.71. The minimum absolute atomic E-state index is 0.380. The molecule has 2 aliphatic rings. The molecule has 0 N–H and O–H groups in total. The van der Waals surface area contributed by atoms with Crippen LogP contribution in [0.5, 0.6) is 0 Å². The molecular formula is C10H14O. The summed E-state index contributed by atoms with van der Waals surface area (Å²) in [7, 11) is 0. The smallest absolute Gasteiger partial charge is 0.0579 e. The highest BCUT2D eigenvalue weighted by molar-refractivity contribution is 5.25. The Morgan fingerprint density at radius 3 is 2.73 bits per heavy atom. The van der Waals surface area contributed by atoms with Crippen LogP contribution in [0.3, 0.4) is 0 Å². The van der Waals surface area contributed by atoms with Gasteiger partial charge < -0.3 is 4.74 Å². The second kappa shape index (κ2) is 2.49. The molecule has 0 bridgehead atoms. The molecule has 0 atom stereocenters. The molecule has 0 aromatic heterocycles.